The minimum atomic E-state index is -1.42. The van der Waals surface area contributed by atoms with E-state index in [4.69, 9.17) is 28.8 Å². The second kappa shape index (κ2) is 13.4. The van der Waals surface area contributed by atoms with Gasteiger partial charge in [-0.2, -0.15) is 0 Å². The summed E-state index contributed by atoms with van der Waals surface area (Å²) in [5.74, 6) is 0. The maximum Gasteiger partial charge on any atom is 0.0651 e. The number of benzene rings is 9. The lowest BCUT2D eigenvalue weighted by atomic mass is 9.98. The molecule has 0 saturated carbocycles. The number of hydrogen-bond donors (Lipinski definition) is 0. The van der Waals surface area contributed by atoms with E-state index < -0.39 is 306 Å². The number of aromatic nitrogens is 1. The number of rotatable bonds is 7. The maximum atomic E-state index is 9.72. The van der Waals surface area contributed by atoms with Gasteiger partial charge >= 0.3 is 0 Å². The number of nitrogens with zero attached hydrogens (tertiary/aromatic N) is 2. The van der Waals surface area contributed by atoms with Gasteiger partial charge in [0.15, 0.2) is 0 Å². The van der Waals surface area contributed by atoms with E-state index in [1.165, 1.54) is 0 Å². The highest BCUT2D eigenvalue weighted by Crippen LogP contribution is 2.39. The summed E-state index contributed by atoms with van der Waals surface area (Å²) in [4.78, 5) is 0.214. The summed E-state index contributed by atoms with van der Waals surface area (Å²) < 4.78 is 324. The van der Waals surface area contributed by atoms with Crippen LogP contribution >= 0.6 is 0 Å². The minimum absolute atomic E-state index is 0.214. The normalized spacial score (nSPS) is 20.7. The summed E-state index contributed by atoms with van der Waals surface area (Å²) in [5, 5.41) is -2.51. The molecule has 2 heteroatoms. The highest BCUT2D eigenvalue weighted by Gasteiger charge is 2.16. The maximum absolute atomic E-state index is 9.72. The molecule has 10 aromatic rings. The molecule has 0 radical (unpaired) electrons. The zero-order chi connectivity index (χ0) is 67.2. The first-order valence-electron chi connectivity index (χ1n) is 33.6. The lowest BCUT2D eigenvalue weighted by Crippen LogP contribution is -2.09. The highest BCUT2D eigenvalue weighted by molar-refractivity contribution is 6.09. The van der Waals surface area contributed by atoms with E-state index in [0.717, 1.165) is 0 Å². The summed E-state index contributed by atoms with van der Waals surface area (Å²) >= 11 is 0. The van der Waals surface area contributed by atoms with Gasteiger partial charge in [-0.3, -0.25) is 0 Å². The van der Waals surface area contributed by atoms with Crippen molar-refractivity contribution in [2.75, 3.05) is 4.90 Å². The van der Waals surface area contributed by atoms with Gasteiger partial charge < -0.3 is 9.47 Å². The Hall–Kier alpha value is -7.16. The topological polar surface area (TPSA) is 8.17 Å². The molecule has 0 aliphatic rings. The summed E-state index contributed by atoms with van der Waals surface area (Å²) in [6.07, 6.45) is 0. The van der Waals surface area contributed by atoms with Crippen molar-refractivity contribution in [2.45, 2.75) is 0 Å². The zero-order valence-electron chi connectivity index (χ0n) is 62.9. The Bertz CT molecular complexity index is 4830. The summed E-state index contributed by atoms with van der Waals surface area (Å²) in [6.45, 7) is 0. The van der Waals surface area contributed by atoms with Gasteiger partial charge in [0.05, 0.1) is 60.4 Å². The van der Waals surface area contributed by atoms with Gasteiger partial charge in [-0.05, 0) is 105 Å². The fraction of sp³-hybridized carbons (Fsp3) is 0. The molecule has 0 bridgehead atoms. The van der Waals surface area contributed by atoms with Crippen LogP contribution in [0.2, 0.25) is 0 Å². The molecule has 0 aliphatic heterocycles. The monoisotopic (exact) mass is 725 g/mol. The molecule has 254 valence electrons. The predicted octanol–water partition coefficient (Wildman–Crippen LogP) is 14.4. The molecule has 0 aliphatic carbocycles. The van der Waals surface area contributed by atoms with Gasteiger partial charge in [-0.25, -0.2) is 0 Å². The molecule has 1 aromatic heterocycles. The van der Waals surface area contributed by atoms with E-state index in [1.54, 1.807) is 0 Å². The van der Waals surface area contributed by atoms with Gasteiger partial charge in [-0.15, -0.1) is 0 Å². The molecule has 0 N–H and O–H groups in total. The highest BCUT2D eigenvalue weighted by atomic mass is 15.1. The number of para-hydroxylation sites is 2. The predicted molar refractivity (Wildman–Crippen MR) is 229 cm³/mol. The Morgan fingerprint density at radius 3 is 1.41 bits per heavy atom. The molecule has 2 nitrogen and oxygen atoms in total. The Labute approximate surface area is 366 Å². The van der Waals surface area contributed by atoms with Crippen LogP contribution in [0.1, 0.15) is 49.3 Å². The fourth-order valence-electron chi connectivity index (χ4n) is 5.55. The molecular weight excluding hydrogens is 653 g/mol. The lowest BCUT2D eigenvalue weighted by Gasteiger charge is -2.26. The Morgan fingerprint density at radius 2 is 0.778 bits per heavy atom. The van der Waals surface area contributed by atoms with Gasteiger partial charge in [0, 0.05) is 33.5 Å². The Kier molecular flexibility index (Phi) is 2.90. The van der Waals surface area contributed by atoms with Crippen molar-refractivity contribution in [1.82, 2.24) is 4.57 Å². The summed E-state index contributed by atoms with van der Waals surface area (Å²) in [7, 11) is 0. The summed E-state index contributed by atoms with van der Waals surface area (Å²) in [6, 6.07) is -39.5. The minimum Gasteiger partial charge on any atom is -0.311 e. The van der Waals surface area contributed by atoms with Gasteiger partial charge in [0.2, 0.25) is 0 Å². The third-order valence-electron chi connectivity index (χ3n) is 7.94. The van der Waals surface area contributed by atoms with Crippen molar-refractivity contribution >= 4 is 49.6 Å². The molecule has 0 fully saturated rings. The van der Waals surface area contributed by atoms with Crippen LogP contribution in [-0.2, 0) is 0 Å². The fourth-order valence-corrected chi connectivity index (χ4v) is 5.55. The molecule has 0 unspecified atom stereocenters. The number of fused-ring (bicyclic) bond motifs is 4. The van der Waals surface area contributed by atoms with Crippen molar-refractivity contribution in [3.8, 4) is 39.1 Å². The molecule has 0 saturated heterocycles. The number of hydrogen-bond acceptors (Lipinski definition) is 1. The quantitative estimate of drug-likeness (QED) is 0.159. The average Bonchev–Trinajstić information content (AvgIpc) is 1.36. The average molecular weight is 725 g/mol. The van der Waals surface area contributed by atoms with Crippen LogP contribution in [0.15, 0.2) is 218 Å². The van der Waals surface area contributed by atoms with E-state index >= 15 is 0 Å². The smallest absolute Gasteiger partial charge is 0.0651 e. The molecule has 54 heavy (non-hydrogen) atoms. The lowest BCUT2D eigenvalue weighted by molar-refractivity contribution is 1.18. The zero-order valence-corrected chi connectivity index (χ0v) is 26.9. The third-order valence-corrected chi connectivity index (χ3v) is 7.94. The van der Waals surface area contributed by atoms with Crippen LogP contribution < -0.4 is 4.90 Å². The Balaban J connectivity index is 1.36. The van der Waals surface area contributed by atoms with Crippen LogP contribution in [0, 0.1) is 0 Å². The number of anilines is 3. The van der Waals surface area contributed by atoms with Crippen molar-refractivity contribution in [1.29, 1.82) is 0 Å². The van der Waals surface area contributed by atoms with E-state index in [0.29, 0.717) is 4.57 Å². The van der Waals surface area contributed by atoms with Gasteiger partial charge in [0.25, 0.3) is 0 Å². The van der Waals surface area contributed by atoms with E-state index in [1.807, 2.05) is 0 Å². The van der Waals surface area contributed by atoms with Crippen LogP contribution in [-0.4, -0.2) is 4.57 Å². The van der Waals surface area contributed by atoms with E-state index in [-0.39, 0.29) is 4.90 Å². The van der Waals surface area contributed by atoms with Crippen LogP contribution in [0.5, 0.6) is 0 Å². The molecule has 1 heterocycles. The van der Waals surface area contributed by atoms with Crippen molar-refractivity contribution in [3.05, 3.63) is 218 Å². The van der Waals surface area contributed by atoms with Crippen molar-refractivity contribution in [3.63, 3.8) is 0 Å². The molecule has 10 rings (SSSR count). The molecule has 9 aromatic carbocycles. The van der Waals surface area contributed by atoms with E-state index in [9.17, 15) is 20.6 Å². The molecule has 0 spiro atoms. The first-order valence-corrected chi connectivity index (χ1v) is 15.6. The second-order valence-corrected chi connectivity index (χ2v) is 11.0. The second-order valence-electron chi connectivity index (χ2n) is 11.0. The van der Waals surface area contributed by atoms with E-state index in [2.05, 4.69) is 0 Å². The SMILES string of the molecule is [2H]c1c([2H])c([2H])c(-c2c([2H])c([2H])c(N(c3c([2H])c([2H])c(-c4c([2H])c([2H])c([2H])c(-n5c6c([2H])c([2H])c([2H])c([2H])c6c6c([2H])c([2H])c([2H])c([2H])c65)c4[2H])c([2H])c3[2H])c3c([2H])c([2H])c(-c4c([2H])c([2H])c([2H])c5c([2H])c([2H])c([2H])c([2H])c45)c([2H])c3[2H])c([2H])c2[2H])c([2H])c1[2H]. The molecular formula is C52H36N2. The molecule has 0 atom stereocenters. The van der Waals surface area contributed by atoms with Crippen LogP contribution in [0.25, 0.3) is 71.6 Å². The first kappa shape index (κ1) is 11.7. The van der Waals surface area contributed by atoms with Crippen LogP contribution in [0.4, 0.5) is 17.1 Å². The third kappa shape index (κ3) is 5.62. The Morgan fingerprint density at radius 1 is 0.333 bits per heavy atom. The van der Waals surface area contributed by atoms with Gasteiger partial charge in [-0.1, -0.05) is 157 Å². The molecule has 0 amide bonds. The van der Waals surface area contributed by atoms with Crippen molar-refractivity contribution < 1.29 is 49.3 Å². The van der Waals surface area contributed by atoms with Gasteiger partial charge in [0.1, 0.15) is 0 Å². The standard InChI is InChI=1S/C52H36N2/c1-2-12-37(13-3-1)38-24-30-43(31-25-38)53(45-34-28-41(29-35-45)48-21-11-15-40-14-4-5-18-47(40)48)44-32-26-39(27-33-44)42-16-10-17-46(36-42)54-51-22-8-6-19-49(51)50-20-7-9-23-52(50)54/h1-36H/i1D,2D,3D,4D,5D,6D,7D,8D,9D,10D,11D,12D,13D,14D,15D,16D,17D,18D,19D,20D,21D,22D,23D,24D,25D,26D,27D,28D,29D,30D,31D,32D,33D,34D,35D,36D. The van der Waals surface area contributed by atoms with Crippen molar-refractivity contribution in [2.24, 2.45) is 0 Å². The van der Waals surface area contributed by atoms with Crippen LogP contribution in [0.3, 0.4) is 0 Å². The summed E-state index contributed by atoms with van der Waals surface area (Å²) in [5.41, 5.74) is -11.9. The largest absolute Gasteiger partial charge is 0.311 e. The first-order chi connectivity index (χ1) is 41.8.